The molecule has 3 rings (SSSR count). The second kappa shape index (κ2) is 7.33. The second-order valence-electron chi connectivity index (χ2n) is 6.22. The van der Waals surface area contributed by atoms with Gasteiger partial charge in [0.25, 0.3) is 0 Å². The van der Waals surface area contributed by atoms with Gasteiger partial charge in [0.15, 0.2) is 0 Å². The molecule has 0 bridgehead atoms. The molecule has 6 heteroatoms. The van der Waals surface area contributed by atoms with Crippen LogP contribution in [0.2, 0.25) is 5.02 Å². The molecule has 2 amide bonds. The standard InChI is InChI=1S/C19H21ClN2O3/c1-25-17-10-9-15(20)11-16(17)22-18(23)21-12-19(24,14-7-8-14)13-5-3-2-4-6-13/h2-6,9-11,14,24H,7-8,12H2,1H3,(H2,21,22,23). The second-order valence-corrected chi connectivity index (χ2v) is 6.65. The summed E-state index contributed by atoms with van der Waals surface area (Å²) in [4.78, 5) is 12.3. The van der Waals surface area contributed by atoms with E-state index in [0.29, 0.717) is 16.5 Å². The quantitative estimate of drug-likeness (QED) is 0.734. The number of anilines is 1. The Balaban J connectivity index is 1.68. The van der Waals surface area contributed by atoms with Crippen LogP contribution in [0.1, 0.15) is 18.4 Å². The van der Waals surface area contributed by atoms with Crippen molar-refractivity contribution < 1.29 is 14.6 Å². The molecule has 1 aliphatic carbocycles. The van der Waals surface area contributed by atoms with Gasteiger partial charge in [-0.1, -0.05) is 41.9 Å². The fourth-order valence-electron chi connectivity index (χ4n) is 2.93. The van der Waals surface area contributed by atoms with E-state index in [0.717, 1.165) is 18.4 Å². The van der Waals surface area contributed by atoms with Gasteiger partial charge in [-0.05, 0) is 42.5 Å². The van der Waals surface area contributed by atoms with Crippen LogP contribution in [-0.2, 0) is 5.60 Å². The van der Waals surface area contributed by atoms with Crippen LogP contribution < -0.4 is 15.4 Å². The van der Waals surface area contributed by atoms with Crippen LogP contribution in [0.3, 0.4) is 0 Å². The average molecular weight is 361 g/mol. The predicted molar refractivity (Wildman–Crippen MR) is 98.1 cm³/mol. The Bertz CT molecular complexity index is 750. The highest BCUT2D eigenvalue weighted by atomic mass is 35.5. The van der Waals surface area contributed by atoms with Crippen LogP contribution in [0.25, 0.3) is 0 Å². The maximum absolute atomic E-state index is 12.3. The summed E-state index contributed by atoms with van der Waals surface area (Å²) in [6.07, 6.45) is 1.91. The smallest absolute Gasteiger partial charge is 0.319 e. The number of halogens is 1. The monoisotopic (exact) mass is 360 g/mol. The number of amides is 2. The van der Waals surface area contributed by atoms with Crippen LogP contribution in [0, 0.1) is 5.92 Å². The summed E-state index contributed by atoms with van der Waals surface area (Å²) in [6, 6.07) is 14.0. The molecule has 132 valence electrons. The molecule has 0 saturated heterocycles. The van der Waals surface area contributed by atoms with E-state index in [1.807, 2.05) is 30.3 Å². The molecule has 1 aliphatic rings. The molecular formula is C19H21ClN2O3. The molecule has 1 unspecified atom stereocenters. The molecule has 0 heterocycles. The van der Waals surface area contributed by atoms with Gasteiger partial charge in [-0.2, -0.15) is 0 Å². The normalized spacial score (nSPS) is 16.0. The third-order valence-corrected chi connectivity index (χ3v) is 4.69. The van der Waals surface area contributed by atoms with Crippen molar-refractivity contribution >= 4 is 23.3 Å². The highest BCUT2D eigenvalue weighted by Gasteiger charge is 2.45. The van der Waals surface area contributed by atoms with Crippen molar-refractivity contribution in [2.24, 2.45) is 5.92 Å². The molecule has 5 nitrogen and oxygen atoms in total. The largest absolute Gasteiger partial charge is 0.495 e. The van der Waals surface area contributed by atoms with Crippen LogP contribution >= 0.6 is 11.6 Å². The zero-order valence-corrected chi connectivity index (χ0v) is 14.7. The molecule has 1 atom stereocenters. The molecule has 3 N–H and O–H groups in total. The maximum Gasteiger partial charge on any atom is 0.319 e. The third-order valence-electron chi connectivity index (χ3n) is 4.45. The maximum atomic E-state index is 12.3. The number of carbonyl (C=O) groups is 1. The average Bonchev–Trinajstić information content (AvgIpc) is 3.46. The topological polar surface area (TPSA) is 70.6 Å². The van der Waals surface area contributed by atoms with Crippen molar-refractivity contribution in [2.75, 3.05) is 19.0 Å². The summed E-state index contributed by atoms with van der Waals surface area (Å²) in [6.45, 7) is 0.135. The Kier molecular flexibility index (Phi) is 5.16. The minimum Gasteiger partial charge on any atom is -0.495 e. The van der Waals surface area contributed by atoms with Crippen molar-refractivity contribution in [3.8, 4) is 5.75 Å². The number of rotatable bonds is 6. The molecule has 0 radical (unpaired) electrons. The zero-order chi connectivity index (χ0) is 17.9. The lowest BCUT2D eigenvalue weighted by molar-refractivity contribution is 0.0164. The minimum atomic E-state index is -1.06. The first kappa shape index (κ1) is 17.6. The molecule has 1 saturated carbocycles. The van der Waals surface area contributed by atoms with Crippen molar-refractivity contribution in [3.05, 3.63) is 59.1 Å². The first-order chi connectivity index (χ1) is 12.0. The van der Waals surface area contributed by atoms with Gasteiger partial charge < -0.3 is 20.5 Å². The van der Waals surface area contributed by atoms with E-state index in [2.05, 4.69) is 10.6 Å². The summed E-state index contributed by atoms with van der Waals surface area (Å²) in [5, 5.41) is 17.1. The molecule has 1 fully saturated rings. The Hall–Kier alpha value is -2.24. The number of ether oxygens (including phenoxy) is 1. The fourth-order valence-corrected chi connectivity index (χ4v) is 3.10. The van der Waals surface area contributed by atoms with E-state index in [4.69, 9.17) is 16.3 Å². The zero-order valence-electron chi connectivity index (χ0n) is 14.0. The van der Waals surface area contributed by atoms with Gasteiger partial charge in [0, 0.05) is 5.02 Å². The van der Waals surface area contributed by atoms with E-state index in [1.54, 1.807) is 18.2 Å². The van der Waals surface area contributed by atoms with E-state index in [-0.39, 0.29) is 12.5 Å². The molecule has 0 spiro atoms. The molecule has 25 heavy (non-hydrogen) atoms. The van der Waals surface area contributed by atoms with Gasteiger partial charge in [0.1, 0.15) is 11.4 Å². The number of hydrogen-bond acceptors (Lipinski definition) is 3. The molecule has 2 aromatic carbocycles. The summed E-state index contributed by atoms with van der Waals surface area (Å²) >= 11 is 5.97. The number of urea groups is 1. The summed E-state index contributed by atoms with van der Waals surface area (Å²) in [5.74, 6) is 0.677. The number of nitrogens with one attached hydrogen (secondary N) is 2. The van der Waals surface area contributed by atoms with E-state index >= 15 is 0 Å². The SMILES string of the molecule is COc1ccc(Cl)cc1NC(=O)NCC(O)(c1ccccc1)C1CC1. The third kappa shape index (κ3) is 4.06. The number of hydrogen-bond donors (Lipinski definition) is 3. The number of carbonyl (C=O) groups excluding carboxylic acids is 1. The number of aliphatic hydroxyl groups is 1. The van der Waals surface area contributed by atoms with Crippen molar-refractivity contribution in [1.82, 2.24) is 5.32 Å². The Labute approximate surface area is 152 Å². The van der Waals surface area contributed by atoms with Crippen molar-refractivity contribution in [3.63, 3.8) is 0 Å². The van der Waals surface area contributed by atoms with Gasteiger partial charge in [0.2, 0.25) is 0 Å². The molecule has 0 aliphatic heterocycles. The van der Waals surface area contributed by atoms with E-state index in [1.165, 1.54) is 7.11 Å². The molecular weight excluding hydrogens is 340 g/mol. The lowest BCUT2D eigenvalue weighted by Gasteiger charge is -2.29. The lowest BCUT2D eigenvalue weighted by atomic mass is 9.89. The van der Waals surface area contributed by atoms with Gasteiger partial charge in [0.05, 0.1) is 19.3 Å². The van der Waals surface area contributed by atoms with E-state index in [9.17, 15) is 9.90 Å². The molecule has 2 aromatic rings. The Morgan fingerprint density at radius 1 is 1.28 bits per heavy atom. The lowest BCUT2D eigenvalue weighted by Crippen LogP contribution is -2.43. The number of benzene rings is 2. The summed E-state index contributed by atoms with van der Waals surface area (Å²) in [5.41, 5.74) is 0.233. The fraction of sp³-hybridized carbons (Fsp3) is 0.316. The first-order valence-electron chi connectivity index (χ1n) is 8.19. The Morgan fingerprint density at radius 2 is 2.00 bits per heavy atom. The summed E-state index contributed by atoms with van der Waals surface area (Å²) < 4.78 is 5.21. The van der Waals surface area contributed by atoms with Gasteiger partial charge in [-0.25, -0.2) is 4.79 Å². The van der Waals surface area contributed by atoms with Gasteiger partial charge in [-0.3, -0.25) is 0 Å². The predicted octanol–water partition coefficient (Wildman–Crippen LogP) is 3.77. The van der Waals surface area contributed by atoms with Crippen LogP contribution in [0.4, 0.5) is 10.5 Å². The number of methoxy groups -OCH3 is 1. The van der Waals surface area contributed by atoms with Crippen molar-refractivity contribution in [2.45, 2.75) is 18.4 Å². The Morgan fingerprint density at radius 3 is 2.64 bits per heavy atom. The highest BCUT2D eigenvalue weighted by molar-refractivity contribution is 6.31. The van der Waals surface area contributed by atoms with Crippen LogP contribution in [-0.4, -0.2) is 24.8 Å². The van der Waals surface area contributed by atoms with Gasteiger partial charge in [-0.15, -0.1) is 0 Å². The van der Waals surface area contributed by atoms with Crippen molar-refractivity contribution in [1.29, 1.82) is 0 Å². The van der Waals surface area contributed by atoms with Crippen LogP contribution in [0.5, 0.6) is 5.75 Å². The highest BCUT2D eigenvalue weighted by Crippen LogP contribution is 2.45. The molecule has 0 aromatic heterocycles. The van der Waals surface area contributed by atoms with Gasteiger partial charge >= 0.3 is 6.03 Å². The van der Waals surface area contributed by atoms with Crippen LogP contribution in [0.15, 0.2) is 48.5 Å². The van der Waals surface area contributed by atoms with E-state index < -0.39 is 11.6 Å². The summed E-state index contributed by atoms with van der Waals surface area (Å²) in [7, 11) is 1.52. The minimum absolute atomic E-state index is 0.135. The first-order valence-corrected chi connectivity index (χ1v) is 8.57.